The highest BCUT2D eigenvalue weighted by Crippen LogP contribution is 2.32. The molecule has 1 N–H and O–H groups in total. The third kappa shape index (κ3) is 5.94. The number of para-hydroxylation sites is 1. The van der Waals surface area contributed by atoms with Crippen LogP contribution in [0.1, 0.15) is 23.2 Å². The Kier molecular flexibility index (Phi) is 8.58. The van der Waals surface area contributed by atoms with Gasteiger partial charge in [0.05, 0.1) is 26.2 Å². The fourth-order valence-electron chi connectivity index (χ4n) is 5.00. The van der Waals surface area contributed by atoms with E-state index in [1.165, 1.54) is 27.4 Å². The summed E-state index contributed by atoms with van der Waals surface area (Å²) in [6, 6.07) is 17.9. The molecule has 2 heterocycles. The number of benzene rings is 3. The van der Waals surface area contributed by atoms with Gasteiger partial charge in [-0.15, -0.1) is 0 Å². The molecule has 2 amide bonds. The monoisotopic (exact) mass is 620 g/mol. The standard InChI is InChI=1S/C28H27Cl3N4O4S/c29-19-8-11-26(24(31)17-19)35-12-4-7-25(28(35)37)32-27(36)22-18-21(9-10-23(22)30)40(38,39)34-15-13-33(14-16-34)20-5-2-1-3-6-20/h1-3,5-6,8-11,17-18,25H,4,7,12-16H2,(H,32,36). The summed E-state index contributed by atoms with van der Waals surface area (Å²) in [4.78, 5) is 30.1. The molecule has 0 spiro atoms. The van der Waals surface area contributed by atoms with E-state index in [0.717, 1.165) is 5.69 Å². The van der Waals surface area contributed by atoms with Crippen LogP contribution in [0.25, 0.3) is 0 Å². The van der Waals surface area contributed by atoms with Crippen LogP contribution >= 0.6 is 34.8 Å². The summed E-state index contributed by atoms with van der Waals surface area (Å²) < 4.78 is 28.3. The fraction of sp³-hybridized carbons (Fsp3) is 0.286. The molecule has 1 atom stereocenters. The number of rotatable bonds is 6. The van der Waals surface area contributed by atoms with E-state index in [4.69, 9.17) is 34.8 Å². The van der Waals surface area contributed by atoms with Crippen molar-refractivity contribution in [2.24, 2.45) is 0 Å². The topological polar surface area (TPSA) is 90.0 Å². The number of hydrogen-bond acceptors (Lipinski definition) is 5. The molecule has 0 aromatic heterocycles. The first-order chi connectivity index (χ1) is 19.1. The van der Waals surface area contributed by atoms with Crippen molar-refractivity contribution in [3.05, 3.63) is 87.4 Å². The molecule has 8 nitrogen and oxygen atoms in total. The van der Waals surface area contributed by atoms with Gasteiger partial charge in [0, 0.05) is 43.4 Å². The van der Waals surface area contributed by atoms with Gasteiger partial charge in [-0.25, -0.2) is 8.42 Å². The number of hydrogen-bond donors (Lipinski definition) is 1. The van der Waals surface area contributed by atoms with E-state index < -0.39 is 22.0 Å². The van der Waals surface area contributed by atoms with Crippen LogP contribution in [0.15, 0.2) is 71.6 Å². The molecule has 12 heteroatoms. The molecule has 0 radical (unpaired) electrons. The normalized spacial score (nSPS) is 18.6. The van der Waals surface area contributed by atoms with Crippen molar-refractivity contribution in [3.63, 3.8) is 0 Å². The number of carbonyl (C=O) groups is 2. The van der Waals surface area contributed by atoms with Crippen LogP contribution < -0.4 is 15.1 Å². The van der Waals surface area contributed by atoms with E-state index in [9.17, 15) is 18.0 Å². The van der Waals surface area contributed by atoms with E-state index in [0.29, 0.717) is 61.3 Å². The summed E-state index contributed by atoms with van der Waals surface area (Å²) >= 11 is 18.6. The van der Waals surface area contributed by atoms with Gasteiger partial charge in [-0.05, 0) is 61.4 Å². The number of halogens is 3. The summed E-state index contributed by atoms with van der Waals surface area (Å²) in [5, 5.41) is 3.61. The third-order valence-corrected chi connectivity index (χ3v) is 9.89. The van der Waals surface area contributed by atoms with E-state index in [2.05, 4.69) is 10.2 Å². The van der Waals surface area contributed by atoms with Crippen LogP contribution in [0.3, 0.4) is 0 Å². The smallest absolute Gasteiger partial charge is 0.253 e. The lowest BCUT2D eigenvalue weighted by atomic mass is 10.0. The zero-order valence-electron chi connectivity index (χ0n) is 21.4. The quantitative estimate of drug-likeness (QED) is 0.415. The fourth-order valence-corrected chi connectivity index (χ4v) is 7.16. The molecular formula is C28H27Cl3N4O4S. The van der Waals surface area contributed by atoms with Gasteiger partial charge >= 0.3 is 0 Å². The number of amides is 2. The minimum atomic E-state index is -3.87. The highest BCUT2D eigenvalue weighted by Gasteiger charge is 2.33. The molecule has 2 aliphatic rings. The first-order valence-corrected chi connectivity index (χ1v) is 15.4. The molecule has 210 valence electrons. The van der Waals surface area contributed by atoms with Crippen molar-refractivity contribution in [1.82, 2.24) is 9.62 Å². The Hall–Kier alpha value is -2.82. The molecule has 0 bridgehead atoms. The second-order valence-electron chi connectivity index (χ2n) is 9.62. The molecular weight excluding hydrogens is 595 g/mol. The van der Waals surface area contributed by atoms with Gasteiger partial charge in [0.15, 0.2) is 0 Å². The van der Waals surface area contributed by atoms with Gasteiger partial charge in [0.2, 0.25) is 15.9 Å². The zero-order valence-corrected chi connectivity index (χ0v) is 24.5. The van der Waals surface area contributed by atoms with Gasteiger partial charge in [0.25, 0.3) is 5.91 Å². The first-order valence-electron chi connectivity index (χ1n) is 12.8. The molecule has 1 unspecified atom stereocenters. The molecule has 0 aliphatic carbocycles. The van der Waals surface area contributed by atoms with E-state index in [-0.39, 0.29) is 21.4 Å². The minimum Gasteiger partial charge on any atom is -0.369 e. The summed E-state index contributed by atoms with van der Waals surface area (Å²) in [7, 11) is -3.87. The zero-order chi connectivity index (χ0) is 28.4. The van der Waals surface area contributed by atoms with Gasteiger partial charge < -0.3 is 15.1 Å². The molecule has 5 rings (SSSR count). The lowest BCUT2D eigenvalue weighted by molar-refractivity contribution is -0.121. The van der Waals surface area contributed by atoms with Gasteiger partial charge in [-0.1, -0.05) is 53.0 Å². The molecule has 40 heavy (non-hydrogen) atoms. The summed E-state index contributed by atoms with van der Waals surface area (Å²) in [5.41, 5.74) is 1.53. The average molecular weight is 622 g/mol. The lowest BCUT2D eigenvalue weighted by Gasteiger charge is -2.35. The number of piperidine rings is 1. The molecule has 3 aromatic rings. The van der Waals surface area contributed by atoms with Crippen LogP contribution in [0, 0.1) is 0 Å². The number of piperazine rings is 1. The van der Waals surface area contributed by atoms with Crippen molar-refractivity contribution < 1.29 is 18.0 Å². The van der Waals surface area contributed by atoms with Crippen LogP contribution in [-0.4, -0.2) is 63.3 Å². The van der Waals surface area contributed by atoms with Crippen LogP contribution in [0.5, 0.6) is 0 Å². The van der Waals surface area contributed by atoms with Crippen molar-refractivity contribution >= 4 is 68.0 Å². The number of carbonyl (C=O) groups excluding carboxylic acids is 2. The van der Waals surface area contributed by atoms with Crippen molar-refractivity contribution in [1.29, 1.82) is 0 Å². The maximum atomic E-state index is 13.5. The highest BCUT2D eigenvalue weighted by molar-refractivity contribution is 7.89. The maximum absolute atomic E-state index is 13.5. The molecule has 2 aliphatic heterocycles. The first kappa shape index (κ1) is 28.7. The Morgan fingerprint density at radius 3 is 2.27 bits per heavy atom. The van der Waals surface area contributed by atoms with E-state index in [1.54, 1.807) is 18.2 Å². The Balaban J connectivity index is 1.29. The lowest BCUT2D eigenvalue weighted by Crippen LogP contribution is -2.52. The predicted octanol–water partition coefficient (Wildman–Crippen LogP) is 5.08. The van der Waals surface area contributed by atoms with Gasteiger partial charge in [-0.3, -0.25) is 9.59 Å². The molecule has 3 aromatic carbocycles. The maximum Gasteiger partial charge on any atom is 0.253 e. The highest BCUT2D eigenvalue weighted by atomic mass is 35.5. The second kappa shape index (κ2) is 12.0. The Labute approximate surface area is 248 Å². The number of anilines is 2. The number of nitrogens with one attached hydrogen (secondary N) is 1. The third-order valence-electron chi connectivity index (χ3n) is 7.12. The van der Waals surface area contributed by atoms with Crippen molar-refractivity contribution in [2.45, 2.75) is 23.8 Å². The molecule has 0 saturated carbocycles. The van der Waals surface area contributed by atoms with Crippen molar-refractivity contribution in [2.75, 3.05) is 42.5 Å². The van der Waals surface area contributed by atoms with E-state index in [1.807, 2.05) is 30.3 Å². The predicted molar refractivity (Wildman–Crippen MR) is 158 cm³/mol. The Morgan fingerprint density at radius 2 is 1.57 bits per heavy atom. The molecule has 2 fully saturated rings. The van der Waals surface area contributed by atoms with Gasteiger partial charge in [0.1, 0.15) is 6.04 Å². The van der Waals surface area contributed by atoms with Gasteiger partial charge in [-0.2, -0.15) is 4.31 Å². The average Bonchev–Trinajstić information content (AvgIpc) is 2.95. The van der Waals surface area contributed by atoms with Crippen LogP contribution in [0.2, 0.25) is 15.1 Å². The minimum absolute atomic E-state index is 0.0138. The number of nitrogens with zero attached hydrogens (tertiary/aromatic N) is 3. The largest absolute Gasteiger partial charge is 0.369 e. The Morgan fingerprint density at radius 1 is 0.850 bits per heavy atom. The van der Waals surface area contributed by atoms with E-state index >= 15 is 0 Å². The van der Waals surface area contributed by atoms with Crippen LogP contribution in [0.4, 0.5) is 11.4 Å². The van der Waals surface area contributed by atoms with Crippen LogP contribution in [-0.2, 0) is 14.8 Å². The summed E-state index contributed by atoms with van der Waals surface area (Å²) in [6.45, 7) is 2.14. The summed E-state index contributed by atoms with van der Waals surface area (Å²) in [6.07, 6.45) is 1.06. The number of sulfonamides is 1. The molecule has 2 saturated heterocycles. The summed E-state index contributed by atoms with van der Waals surface area (Å²) in [5.74, 6) is -0.946. The SMILES string of the molecule is O=C(NC1CCCN(c2ccc(Cl)cc2Cl)C1=O)c1cc(S(=O)(=O)N2CCN(c3ccccc3)CC2)ccc1Cl. The Bertz CT molecular complexity index is 1530. The van der Waals surface area contributed by atoms with Crippen molar-refractivity contribution in [3.8, 4) is 0 Å². The second-order valence-corrected chi connectivity index (χ2v) is 12.8.